The third-order valence-corrected chi connectivity index (χ3v) is 2.57. The Morgan fingerprint density at radius 3 is 2.82 bits per heavy atom. The molecule has 17 heavy (non-hydrogen) atoms. The average molecular weight is 259 g/mol. The van der Waals surface area contributed by atoms with Crippen LogP contribution < -0.4 is 10.6 Å². The molecule has 0 bridgehead atoms. The fraction of sp³-hybridized carbons (Fsp3) is 0.444. The Bertz CT molecular complexity index is 368. The van der Waals surface area contributed by atoms with Crippen LogP contribution in [-0.2, 0) is 11.3 Å². The largest absolute Gasteiger partial charge is 0.480 e. The van der Waals surface area contributed by atoms with Gasteiger partial charge in [-0.25, -0.2) is 14.6 Å². The predicted octanol–water partition coefficient (Wildman–Crippen LogP) is -0.222. The summed E-state index contributed by atoms with van der Waals surface area (Å²) < 4.78 is 0. The molecular formula is C9H13N3O4S. The standard InChI is InChI=1S/C9H13N3O4S/c13-2-1-7(8(14)15)12-9(16)10-3-6-4-17-5-11-6/h4-5,7,13H,1-3H2,(H,14,15)(H2,10,12,16)/t7-/m1/s1. The van der Waals surface area contributed by atoms with Crippen molar-refractivity contribution in [1.29, 1.82) is 0 Å². The van der Waals surface area contributed by atoms with Gasteiger partial charge >= 0.3 is 12.0 Å². The normalized spacial score (nSPS) is 11.8. The third kappa shape index (κ3) is 4.79. The molecule has 0 radical (unpaired) electrons. The van der Waals surface area contributed by atoms with Gasteiger partial charge in [-0.1, -0.05) is 0 Å². The van der Waals surface area contributed by atoms with Crippen molar-refractivity contribution in [2.75, 3.05) is 6.61 Å². The molecular weight excluding hydrogens is 246 g/mol. The van der Waals surface area contributed by atoms with Crippen molar-refractivity contribution in [2.24, 2.45) is 0 Å². The van der Waals surface area contributed by atoms with Crippen LogP contribution in [0.15, 0.2) is 10.9 Å². The second kappa shape index (κ2) is 6.81. The number of thiazole rings is 1. The van der Waals surface area contributed by atoms with Crippen molar-refractivity contribution in [3.8, 4) is 0 Å². The van der Waals surface area contributed by atoms with E-state index >= 15 is 0 Å². The summed E-state index contributed by atoms with van der Waals surface area (Å²) in [5, 5.41) is 23.9. The van der Waals surface area contributed by atoms with Crippen LogP contribution in [0.5, 0.6) is 0 Å². The summed E-state index contributed by atoms with van der Waals surface area (Å²) in [7, 11) is 0. The van der Waals surface area contributed by atoms with Crippen LogP contribution in [0.2, 0.25) is 0 Å². The van der Waals surface area contributed by atoms with Crippen molar-refractivity contribution in [2.45, 2.75) is 19.0 Å². The highest BCUT2D eigenvalue weighted by Crippen LogP contribution is 1.99. The van der Waals surface area contributed by atoms with Crippen LogP contribution in [0.1, 0.15) is 12.1 Å². The molecule has 1 heterocycles. The van der Waals surface area contributed by atoms with E-state index in [9.17, 15) is 9.59 Å². The lowest BCUT2D eigenvalue weighted by atomic mass is 10.2. The van der Waals surface area contributed by atoms with Crippen LogP contribution in [-0.4, -0.2) is 39.8 Å². The van der Waals surface area contributed by atoms with E-state index in [1.54, 1.807) is 10.9 Å². The highest BCUT2D eigenvalue weighted by molar-refractivity contribution is 7.07. The van der Waals surface area contributed by atoms with E-state index in [0.29, 0.717) is 5.69 Å². The van der Waals surface area contributed by atoms with Gasteiger partial charge in [0.2, 0.25) is 0 Å². The van der Waals surface area contributed by atoms with Gasteiger partial charge in [0.05, 0.1) is 17.7 Å². The monoisotopic (exact) mass is 259 g/mol. The lowest BCUT2D eigenvalue weighted by Crippen LogP contribution is -2.46. The number of carboxylic acid groups (broad SMARTS) is 1. The number of nitrogens with one attached hydrogen (secondary N) is 2. The maximum absolute atomic E-state index is 11.3. The van der Waals surface area contributed by atoms with Crippen LogP contribution in [0.4, 0.5) is 4.79 Å². The zero-order valence-corrected chi connectivity index (χ0v) is 9.74. The molecule has 0 saturated carbocycles. The van der Waals surface area contributed by atoms with E-state index in [1.807, 2.05) is 0 Å². The average Bonchev–Trinajstić information content (AvgIpc) is 2.78. The summed E-state index contributed by atoms with van der Waals surface area (Å²) in [6.07, 6.45) is -0.0283. The highest BCUT2D eigenvalue weighted by atomic mass is 32.1. The number of aromatic nitrogens is 1. The summed E-state index contributed by atoms with van der Waals surface area (Å²) in [5.41, 5.74) is 2.35. The number of carbonyl (C=O) groups excluding carboxylic acids is 1. The Labute approximate surface area is 101 Å². The fourth-order valence-electron chi connectivity index (χ4n) is 1.09. The minimum absolute atomic E-state index is 0.0283. The van der Waals surface area contributed by atoms with Gasteiger partial charge in [-0.3, -0.25) is 0 Å². The molecule has 94 valence electrons. The molecule has 1 rings (SSSR count). The van der Waals surface area contributed by atoms with Crippen molar-refractivity contribution in [3.05, 3.63) is 16.6 Å². The molecule has 0 aliphatic carbocycles. The number of aliphatic hydroxyl groups is 1. The molecule has 0 spiro atoms. The number of aliphatic hydroxyl groups excluding tert-OH is 1. The lowest BCUT2D eigenvalue weighted by Gasteiger charge is -2.13. The molecule has 0 saturated heterocycles. The zero-order chi connectivity index (χ0) is 12.7. The Balaban J connectivity index is 2.34. The van der Waals surface area contributed by atoms with E-state index in [4.69, 9.17) is 10.2 Å². The Morgan fingerprint density at radius 2 is 2.29 bits per heavy atom. The van der Waals surface area contributed by atoms with Gasteiger partial charge in [0, 0.05) is 18.4 Å². The summed E-state index contributed by atoms with van der Waals surface area (Å²) >= 11 is 1.41. The topological polar surface area (TPSA) is 112 Å². The molecule has 4 N–H and O–H groups in total. The van der Waals surface area contributed by atoms with Gasteiger partial charge in [-0.05, 0) is 0 Å². The van der Waals surface area contributed by atoms with E-state index in [-0.39, 0.29) is 19.6 Å². The highest BCUT2D eigenvalue weighted by Gasteiger charge is 2.18. The number of amides is 2. The second-order valence-electron chi connectivity index (χ2n) is 3.21. The maximum Gasteiger partial charge on any atom is 0.326 e. The van der Waals surface area contributed by atoms with Crippen molar-refractivity contribution >= 4 is 23.3 Å². The number of hydrogen-bond donors (Lipinski definition) is 4. The van der Waals surface area contributed by atoms with Crippen molar-refractivity contribution < 1.29 is 19.8 Å². The van der Waals surface area contributed by atoms with Crippen LogP contribution in [0.25, 0.3) is 0 Å². The molecule has 7 nitrogen and oxygen atoms in total. The Kier molecular flexibility index (Phi) is 5.37. The van der Waals surface area contributed by atoms with Crippen LogP contribution in [0.3, 0.4) is 0 Å². The number of hydrogen-bond acceptors (Lipinski definition) is 5. The first-order chi connectivity index (χ1) is 8.13. The van der Waals surface area contributed by atoms with Crippen molar-refractivity contribution in [3.63, 3.8) is 0 Å². The minimum Gasteiger partial charge on any atom is -0.480 e. The predicted molar refractivity (Wildman–Crippen MR) is 60.6 cm³/mol. The van der Waals surface area contributed by atoms with Gasteiger partial charge in [-0.15, -0.1) is 11.3 Å². The van der Waals surface area contributed by atoms with E-state index in [1.165, 1.54) is 11.3 Å². The Morgan fingerprint density at radius 1 is 1.53 bits per heavy atom. The molecule has 0 aliphatic heterocycles. The summed E-state index contributed by atoms with van der Waals surface area (Å²) in [6.45, 7) is -0.0653. The molecule has 0 aromatic carbocycles. The number of aliphatic carboxylic acids is 1. The Hall–Kier alpha value is -1.67. The SMILES string of the molecule is O=C(NCc1cscn1)N[C@H](CCO)C(=O)O. The summed E-state index contributed by atoms with van der Waals surface area (Å²) in [5.74, 6) is -1.18. The molecule has 0 unspecified atom stereocenters. The number of carboxylic acids is 1. The first kappa shape index (κ1) is 13.4. The van der Waals surface area contributed by atoms with Crippen molar-refractivity contribution in [1.82, 2.24) is 15.6 Å². The third-order valence-electron chi connectivity index (χ3n) is 1.93. The van der Waals surface area contributed by atoms with E-state index in [0.717, 1.165) is 0 Å². The first-order valence-corrected chi connectivity index (χ1v) is 5.83. The molecule has 1 atom stereocenters. The fourth-order valence-corrected chi connectivity index (χ4v) is 1.65. The molecule has 1 aromatic heterocycles. The minimum atomic E-state index is -1.18. The van der Waals surface area contributed by atoms with Gasteiger partial charge in [0.1, 0.15) is 6.04 Å². The number of nitrogens with zero attached hydrogens (tertiary/aromatic N) is 1. The lowest BCUT2D eigenvalue weighted by molar-refractivity contribution is -0.139. The maximum atomic E-state index is 11.3. The number of urea groups is 1. The molecule has 0 aliphatic rings. The molecule has 0 fully saturated rings. The van der Waals surface area contributed by atoms with E-state index < -0.39 is 18.0 Å². The van der Waals surface area contributed by atoms with Gasteiger partial charge < -0.3 is 20.8 Å². The zero-order valence-electron chi connectivity index (χ0n) is 8.92. The first-order valence-electron chi connectivity index (χ1n) is 4.88. The molecule has 1 aromatic rings. The van der Waals surface area contributed by atoms with Gasteiger partial charge in [-0.2, -0.15) is 0 Å². The molecule has 2 amide bonds. The van der Waals surface area contributed by atoms with Gasteiger partial charge in [0.15, 0.2) is 0 Å². The quantitative estimate of drug-likeness (QED) is 0.564. The number of carbonyl (C=O) groups is 2. The van der Waals surface area contributed by atoms with E-state index in [2.05, 4.69) is 15.6 Å². The summed E-state index contributed by atoms with van der Waals surface area (Å²) in [4.78, 5) is 26.0. The van der Waals surface area contributed by atoms with Gasteiger partial charge in [0.25, 0.3) is 0 Å². The molecule has 8 heteroatoms. The second-order valence-corrected chi connectivity index (χ2v) is 3.93. The smallest absolute Gasteiger partial charge is 0.326 e. The van der Waals surface area contributed by atoms with Crippen LogP contribution >= 0.6 is 11.3 Å². The summed E-state index contributed by atoms with van der Waals surface area (Å²) in [6, 6.07) is -1.69. The number of rotatable bonds is 6. The van der Waals surface area contributed by atoms with Crippen LogP contribution in [0, 0.1) is 0 Å².